The minimum Gasteiger partial charge on any atom is -0.378 e. The summed E-state index contributed by atoms with van der Waals surface area (Å²) in [7, 11) is 0. The number of piperidine rings is 1. The Morgan fingerprint density at radius 2 is 1.96 bits per heavy atom. The molecule has 4 rings (SSSR count). The highest BCUT2D eigenvalue weighted by Gasteiger charge is 2.40. The molecule has 136 valence electrons. The van der Waals surface area contributed by atoms with Gasteiger partial charge in [0, 0.05) is 32.3 Å². The monoisotopic (exact) mass is 346 g/mol. The first-order valence-electron chi connectivity index (χ1n) is 9.34. The summed E-state index contributed by atoms with van der Waals surface area (Å²) in [4.78, 5) is 25.7. The van der Waals surface area contributed by atoms with E-state index in [4.69, 9.17) is 9.47 Å². The molecule has 0 radical (unpaired) electrons. The molecule has 3 aliphatic rings. The van der Waals surface area contributed by atoms with Gasteiger partial charge in [0.15, 0.2) is 0 Å². The van der Waals surface area contributed by atoms with Crippen LogP contribution in [-0.4, -0.2) is 72.4 Å². The molecule has 1 amide bonds. The van der Waals surface area contributed by atoms with Crippen LogP contribution in [0.3, 0.4) is 0 Å². The van der Waals surface area contributed by atoms with Crippen molar-refractivity contribution < 1.29 is 14.3 Å². The highest BCUT2D eigenvalue weighted by molar-refractivity contribution is 5.93. The third-order valence-electron chi connectivity index (χ3n) is 5.37. The van der Waals surface area contributed by atoms with Gasteiger partial charge in [-0.1, -0.05) is 0 Å². The van der Waals surface area contributed by atoms with Gasteiger partial charge in [0.2, 0.25) is 0 Å². The Hall–Kier alpha value is -1.73. The highest BCUT2D eigenvalue weighted by Crippen LogP contribution is 2.28. The summed E-state index contributed by atoms with van der Waals surface area (Å²) < 4.78 is 11.6. The molecule has 0 saturated carbocycles. The van der Waals surface area contributed by atoms with E-state index >= 15 is 0 Å². The summed E-state index contributed by atoms with van der Waals surface area (Å²) >= 11 is 0. The van der Waals surface area contributed by atoms with Crippen LogP contribution in [0.25, 0.3) is 0 Å². The van der Waals surface area contributed by atoms with Gasteiger partial charge in [-0.25, -0.2) is 9.97 Å². The van der Waals surface area contributed by atoms with Crippen molar-refractivity contribution in [1.29, 1.82) is 0 Å². The number of anilines is 1. The molecule has 7 heteroatoms. The van der Waals surface area contributed by atoms with Crippen molar-refractivity contribution >= 4 is 11.7 Å². The summed E-state index contributed by atoms with van der Waals surface area (Å²) in [5.41, 5.74) is 0.138. The third kappa shape index (κ3) is 3.62. The molecule has 1 unspecified atom stereocenters. The van der Waals surface area contributed by atoms with Crippen molar-refractivity contribution in [2.45, 2.75) is 37.7 Å². The molecule has 25 heavy (non-hydrogen) atoms. The quantitative estimate of drug-likeness (QED) is 0.808. The lowest BCUT2D eigenvalue weighted by atomic mass is 9.94. The standard InChI is InChI=1S/C18H26N4O3/c23-17(22-8-10-25-18(12-22)5-4-9-24-13-18)15-11-16(20-14-19-15)21-6-2-1-3-7-21/h11,14H,1-10,12-13H2. The number of hydrogen-bond donors (Lipinski definition) is 0. The Morgan fingerprint density at radius 3 is 2.76 bits per heavy atom. The molecule has 0 aromatic carbocycles. The van der Waals surface area contributed by atoms with Crippen LogP contribution in [0.15, 0.2) is 12.4 Å². The highest BCUT2D eigenvalue weighted by atomic mass is 16.5. The minimum atomic E-state index is -0.338. The van der Waals surface area contributed by atoms with Crippen molar-refractivity contribution in [2.24, 2.45) is 0 Å². The smallest absolute Gasteiger partial charge is 0.272 e. The van der Waals surface area contributed by atoms with Gasteiger partial charge >= 0.3 is 0 Å². The van der Waals surface area contributed by atoms with Gasteiger partial charge in [-0.05, 0) is 32.1 Å². The number of nitrogens with zero attached hydrogens (tertiary/aromatic N) is 4. The van der Waals surface area contributed by atoms with Crippen LogP contribution in [0.5, 0.6) is 0 Å². The third-order valence-corrected chi connectivity index (χ3v) is 5.37. The number of carbonyl (C=O) groups is 1. The fourth-order valence-electron chi connectivity index (χ4n) is 4.01. The van der Waals surface area contributed by atoms with E-state index in [2.05, 4.69) is 14.9 Å². The lowest BCUT2D eigenvalue weighted by Crippen LogP contribution is -2.57. The van der Waals surface area contributed by atoms with E-state index in [1.807, 2.05) is 11.0 Å². The normalized spacial score (nSPS) is 27.5. The number of hydrogen-bond acceptors (Lipinski definition) is 6. The molecule has 3 saturated heterocycles. The van der Waals surface area contributed by atoms with E-state index < -0.39 is 0 Å². The minimum absolute atomic E-state index is 0.0334. The maximum atomic E-state index is 13.0. The first-order chi connectivity index (χ1) is 12.3. The Balaban J connectivity index is 1.48. The lowest BCUT2D eigenvalue weighted by Gasteiger charge is -2.44. The zero-order chi connectivity index (χ0) is 17.1. The maximum absolute atomic E-state index is 13.0. The van der Waals surface area contributed by atoms with E-state index in [9.17, 15) is 4.79 Å². The van der Waals surface area contributed by atoms with E-state index in [-0.39, 0.29) is 11.5 Å². The molecule has 1 aromatic heterocycles. The number of rotatable bonds is 2. The molecule has 3 aliphatic heterocycles. The van der Waals surface area contributed by atoms with Crippen LogP contribution in [0.2, 0.25) is 0 Å². The van der Waals surface area contributed by atoms with Gasteiger partial charge in [0.25, 0.3) is 5.91 Å². The molecule has 1 spiro atoms. The number of amides is 1. The lowest BCUT2D eigenvalue weighted by molar-refractivity contribution is -0.160. The molecule has 4 heterocycles. The Labute approximate surface area is 148 Å². The molecular weight excluding hydrogens is 320 g/mol. The Kier molecular flexibility index (Phi) is 4.85. The SMILES string of the molecule is O=C(c1cc(N2CCCCC2)ncn1)N1CCOC2(CCCOC2)C1. The van der Waals surface area contributed by atoms with Gasteiger partial charge in [-0.15, -0.1) is 0 Å². The van der Waals surface area contributed by atoms with E-state index in [1.165, 1.54) is 25.6 Å². The molecule has 7 nitrogen and oxygen atoms in total. The van der Waals surface area contributed by atoms with Crippen molar-refractivity contribution in [3.8, 4) is 0 Å². The number of ether oxygens (including phenoxy) is 2. The fraction of sp³-hybridized carbons (Fsp3) is 0.722. The van der Waals surface area contributed by atoms with Gasteiger partial charge < -0.3 is 19.3 Å². The fourth-order valence-corrected chi connectivity index (χ4v) is 4.01. The first kappa shape index (κ1) is 16.7. The van der Waals surface area contributed by atoms with Crippen LogP contribution < -0.4 is 4.90 Å². The van der Waals surface area contributed by atoms with Gasteiger partial charge in [0.1, 0.15) is 23.4 Å². The molecule has 1 aromatic rings. The molecule has 0 aliphatic carbocycles. The van der Waals surface area contributed by atoms with E-state index in [0.717, 1.165) is 38.4 Å². The van der Waals surface area contributed by atoms with E-state index in [0.29, 0.717) is 32.0 Å². The van der Waals surface area contributed by atoms with E-state index in [1.54, 1.807) is 0 Å². The summed E-state index contributed by atoms with van der Waals surface area (Å²) in [6.45, 7) is 5.09. The molecule has 0 bridgehead atoms. The molecule has 1 atom stereocenters. The number of morpholine rings is 1. The van der Waals surface area contributed by atoms with Crippen LogP contribution in [0.1, 0.15) is 42.6 Å². The summed E-state index contributed by atoms with van der Waals surface area (Å²) in [6, 6.07) is 1.84. The predicted molar refractivity (Wildman–Crippen MR) is 92.7 cm³/mol. The van der Waals surface area contributed by atoms with Crippen LogP contribution >= 0.6 is 0 Å². The summed E-state index contributed by atoms with van der Waals surface area (Å²) in [6.07, 6.45) is 7.06. The molecular formula is C18H26N4O3. The zero-order valence-electron chi connectivity index (χ0n) is 14.7. The second-order valence-electron chi connectivity index (χ2n) is 7.22. The first-order valence-corrected chi connectivity index (χ1v) is 9.34. The van der Waals surface area contributed by atoms with Crippen LogP contribution in [0, 0.1) is 0 Å². The predicted octanol–water partition coefficient (Wildman–Crippen LogP) is 1.49. The zero-order valence-corrected chi connectivity index (χ0v) is 14.7. The maximum Gasteiger partial charge on any atom is 0.272 e. The Morgan fingerprint density at radius 1 is 1.08 bits per heavy atom. The second-order valence-corrected chi connectivity index (χ2v) is 7.22. The Bertz CT molecular complexity index is 607. The number of aromatic nitrogens is 2. The largest absolute Gasteiger partial charge is 0.378 e. The van der Waals surface area contributed by atoms with Crippen molar-refractivity contribution in [2.75, 3.05) is 50.9 Å². The van der Waals surface area contributed by atoms with Crippen LogP contribution in [-0.2, 0) is 9.47 Å². The van der Waals surface area contributed by atoms with Crippen LogP contribution in [0.4, 0.5) is 5.82 Å². The molecule has 0 N–H and O–H groups in total. The average molecular weight is 346 g/mol. The van der Waals surface area contributed by atoms with Gasteiger partial charge in [-0.3, -0.25) is 4.79 Å². The van der Waals surface area contributed by atoms with Crippen molar-refractivity contribution in [1.82, 2.24) is 14.9 Å². The second kappa shape index (κ2) is 7.25. The topological polar surface area (TPSA) is 67.8 Å². The van der Waals surface area contributed by atoms with Gasteiger partial charge in [0.05, 0.1) is 19.8 Å². The van der Waals surface area contributed by atoms with Crippen molar-refractivity contribution in [3.63, 3.8) is 0 Å². The molecule has 3 fully saturated rings. The summed E-state index contributed by atoms with van der Waals surface area (Å²) in [5, 5.41) is 0. The average Bonchev–Trinajstić information content (AvgIpc) is 2.69. The summed E-state index contributed by atoms with van der Waals surface area (Å²) in [5.74, 6) is 0.830. The van der Waals surface area contributed by atoms with Crippen molar-refractivity contribution in [3.05, 3.63) is 18.1 Å². The van der Waals surface area contributed by atoms with Gasteiger partial charge in [-0.2, -0.15) is 0 Å². The number of carbonyl (C=O) groups excluding carboxylic acids is 1.